The fraction of sp³-hybridized carbons (Fsp3) is 0.686. The molecule has 5 N–H and O–H groups in total. The van der Waals surface area contributed by atoms with Crippen molar-refractivity contribution in [1.29, 1.82) is 0 Å². The van der Waals surface area contributed by atoms with E-state index in [0.717, 1.165) is 5.56 Å². The third kappa shape index (κ3) is 12.7. The zero-order valence-corrected chi connectivity index (χ0v) is 31.1. The molecule has 0 aliphatic heterocycles. The van der Waals surface area contributed by atoms with Gasteiger partial charge in [-0.15, -0.1) is 0 Å². The van der Waals surface area contributed by atoms with Gasteiger partial charge in [0.15, 0.2) is 0 Å². The van der Waals surface area contributed by atoms with Crippen LogP contribution in [0.1, 0.15) is 74.8 Å². The number of amides is 5. The summed E-state index contributed by atoms with van der Waals surface area (Å²) in [5.41, 5.74) is 1.02. The monoisotopic (exact) mass is 678 g/mol. The summed E-state index contributed by atoms with van der Waals surface area (Å²) in [5, 5.41) is 15.1. The van der Waals surface area contributed by atoms with Gasteiger partial charge < -0.3 is 31.5 Å². The van der Waals surface area contributed by atoms with Crippen molar-refractivity contribution in [3.8, 4) is 0 Å². The van der Waals surface area contributed by atoms with Gasteiger partial charge in [-0.2, -0.15) is 0 Å². The first-order chi connectivity index (χ1) is 21.8. The van der Waals surface area contributed by atoms with Gasteiger partial charge in [0, 0.05) is 18.6 Å². The van der Waals surface area contributed by atoms with Crippen molar-refractivity contribution in [1.82, 2.24) is 31.5 Å². The fourth-order valence-corrected chi connectivity index (χ4v) is 5.57. The summed E-state index contributed by atoms with van der Waals surface area (Å²) < 4.78 is 0. The first kappa shape index (κ1) is 41.8. The van der Waals surface area contributed by atoms with E-state index in [1.165, 1.54) is 4.90 Å². The largest absolute Gasteiger partial charge is 0.354 e. The summed E-state index contributed by atoms with van der Waals surface area (Å²) in [7, 11) is 3.26. The summed E-state index contributed by atoms with van der Waals surface area (Å²) >= 11 is 5.97. The van der Waals surface area contributed by atoms with Crippen LogP contribution in [0.15, 0.2) is 24.3 Å². The van der Waals surface area contributed by atoms with E-state index in [2.05, 4.69) is 26.6 Å². The molecule has 266 valence electrons. The zero-order chi connectivity index (χ0) is 36.2. The average molecular weight is 679 g/mol. The second kappa shape index (κ2) is 19.6. The van der Waals surface area contributed by atoms with Crippen LogP contribution >= 0.6 is 11.6 Å². The van der Waals surface area contributed by atoms with Crippen LogP contribution in [0.3, 0.4) is 0 Å². The van der Waals surface area contributed by atoms with E-state index in [-0.39, 0.29) is 41.4 Å². The van der Waals surface area contributed by atoms with Gasteiger partial charge in [0.1, 0.15) is 24.2 Å². The van der Waals surface area contributed by atoms with E-state index >= 15 is 0 Å². The smallest absolute Gasteiger partial charge is 0.245 e. The van der Waals surface area contributed by atoms with Crippen LogP contribution in [-0.2, 0) is 30.4 Å². The van der Waals surface area contributed by atoms with Crippen molar-refractivity contribution in [3.05, 3.63) is 34.9 Å². The standard InChI is InChI=1S/C35H59ClN6O5/c1-19(2)26(37-11)31(43)39-27(20(3)4)32(44)40-28(21(5)6)33(45)41-29(22(7)8)35(47)42(12)30(23(9)10)34(46)38-18-17-24-13-15-25(36)16-14-24/h13-16,19-23,26-30,37H,17-18H2,1-12H3,(H,38,46)(H,39,43)(H,40,44)(H,41,45)/t26-,27-,28-,29-,30-/m0/s1. The Kier molecular flexibility index (Phi) is 17.4. The van der Waals surface area contributed by atoms with Gasteiger partial charge in [0.2, 0.25) is 29.5 Å². The van der Waals surface area contributed by atoms with Crippen LogP contribution in [0.2, 0.25) is 5.02 Å². The summed E-state index contributed by atoms with van der Waals surface area (Å²) in [4.78, 5) is 68.6. The molecule has 0 unspecified atom stereocenters. The molecule has 1 aromatic carbocycles. The van der Waals surface area contributed by atoms with Gasteiger partial charge in [-0.3, -0.25) is 24.0 Å². The molecule has 5 atom stereocenters. The third-order valence-electron chi connectivity index (χ3n) is 8.28. The van der Waals surface area contributed by atoms with Crippen molar-refractivity contribution < 1.29 is 24.0 Å². The van der Waals surface area contributed by atoms with Crippen LogP contribution in [-0.4, -0.2) is 85.3 Å². The highest BCUT2D eigenvalue weighted by molar-refractivity contribution is 6.30. The predicted octanol–water partition coefficient (Wildman–Crippen LogP) is 3.15. The van der Waals surface area contributed by atoms with Crippen LogP contribution < -0.4 is 26.6 Å². The molecule has 0 saturated heterocycles. The molecule has 0 spiro atoms. The lowest BCUT2D eigenvalue weighted by molar-refractivity contribution is -0.144. The van der Waals surface area contributed by atoms with Crippen LogP contribution in [0.5, 0.6) is 0 Å². The van der Waals surface area contributed by atoms with Crippen LogP contribution in [0, 0.1) is 29.6 Å². The Morgan fingerprint density at radius 2 is 1.02 bits per heavy atom. The highest BCUT2D eigenvalue weighted by atomic mass is 35.5. The number of benzene rings is 1. The van der Waals surface area contributed by atoms with Gasteiger partial charge >= 0.3 is 0 Å². The molecule has 1 rings (SSSR count). The molecule has 0 aliphatic carbocycles. The Bertz CT molecular complexity index is 1190. The van der Waals surface area contributed by atoms with Crippen molar-refractivity contribution in [2.45, 2.75) is 106 Å². The minimum atomic E-state index is -0.970. The van der Waals surface area contributed by atoms with Crippen LogP contribution in [0.25, 0.3) is 0 Å². The number of nitrogens with one attached hydrogen (secondary N) is 5. The summed E-state index contributed by atoms with van der Waals surface area (Å²) in [6.07, 6.45) is 0.605. The van der Waals surface area contributed by atoms with E-state index in [4.69, 9.17) is 11.6 Å². The Balaban J connectivity index is 3.07. The highest BCUT2D eigenvalue weighted by Crippen LogP contribution is 2.16. The number of hydrogen-bond donors (Lipinski definition) is 5. The number of hydrogen-bond acceptors (Lipinski definition) is 6. The Morgan fingerprint density at radius 1 is 0.617 bits per heavy atom. The van der Waals surface area contributed by atoms with E-state index in [1.807, 2.05) is 67.5 Å². The number of halogens is 1. The molecule has 12 heteroatoms. The number of carbonyl (C=O) groups excluding carboxylic acids is 5. The molecule has 0 fully saturated rings. The molecule has 5 amide bonds. The zero-order valence-electron chi connectivity index (χ0n) is 30.4. The summed E-state index contributed by atoms with van der Waals surface area (Å²) in [6.45, 7) is 18.8. The second-order valence-corrected chi connectivity index (χ2v) is 14.4. The van der Waals surface area contributed by atoms with Gasteiger partial charge in [-0.25, -0.2) is 0 Å². The summed E-state index contributed by atoms with van der Waals surface area (Å²) in [5.74, 6) is -3.08. The molecule has 47 heavy (non-hydrogen) atoms. The SMILES string of the molecule is CN[C@H](C(=O)N[C@H](C(=O)N[C@H](C(=O)N[C@H](C(=O)N(C)[C@H](C(=O)NCCc1ccc(Cl)cc1)C(C)C)C(C)C)C(C)C)C(C)C)C(C)C. The maximum Gasteiger partial charge on any atom is 0.245 e. The lowest BCUT2D eigenvalue weighted by Crippen LogP contribution is -2.62. The predicted molar refractivity (Wildman–Crippen MR) is 188 cm³/mol. The molecular formula is C35H59ClN6O5. The first-order valence-electron chi connectivity index (χ1n) is 16.7. The molecule has 0 aliphatic rings. The molecular weight excluding hydrogens is 620 g/mol. The van der Waals surface area contributed by atoms with Crippen molar-refractivity contribution >= 4 is 41.1 Å². The Labute approximate surface area is 287 Å². The maximum absolute atomic E-state index is 13.9. The molecule has 0 saturated carbocycles. The Hall–Kier alpha value is -3.18. The van der Waals surface area contributed by atoms with E-state index in [9.17, 15) is 24.0 Å². The van der Waals surface area contributed by atoms with Gasteiger partial charge in [0.05, 0.1) is 6.04 Å². The van der Waals surface area contributed by atoms with Gasteiger partial charge in [0.25, 0.3) is 0 Å². The van der Waals surface area contributed by atoms with Crippen molar-refractivity contribution in [3.63, 3.8) is 0 Å². The number of likely N-dealkylation sites (N-methyl/N-ethyl adjacent to an activating group) is 2. The fourth-order valence-electron chi connectivity index (χ4n) is 5.45. The second-order valence-electron chi connectivity index (χ2n) is 14.0. The molecule has 0 bridgehead atoms. The van der Waals surface area contributed by atoms with Crippen molar-refractivity contribution in [2.75, 3.05) is 20.6 Å². The first-order valence-corrected chi connectivity index (χ1v) is 17.1. The van der Waals surface area contributed by atoms with E-state index in [0.29, 0.717) is 18.0 Å². The maximum atomic E-state index is 13.9. The minimum Gasteiger partial charge on any atom is -0.354 e. The minimum absolute atomic E-state index is 0.00410. The molecule has 0 heterocycles. The topological polar surface area (TPSA) is 149 Å². The molecule has 0 aromatic heterocycles. The molecule has 0 radical (unpaired) electrons. The molecule has 1 aromatic rings. The average Bonchev–Trinajstić information content (AvgIpc) is 2.97. The van der Waals surface area contributed by atoms with Crippen LogP contribution in [0.4, 0.5) is 0 Å². The van der Waals surface area contributed by atoms with Crippen molar-refractivity contribution in [2.24, 2.45) is 29.6 Å². The van der Waals surface area contributed by atoms with E-state index < -0.39 is 47.9 Å². The van der Waals surface area contributed by atoms with Gasteiger partial charge in [-0.05, 0) is 60.8 Å². The van der Waals surface area contributed by atoms with Gasteiger partial charge in [-0.1, -0.05) is 93.0 Å². The number of carbonyl (C=O) groups is 5. The van der Waals surface area contributed by atoms with E-state index in [1.54, 1.807) is 40.1 Å². The Morgan fingerprint density at radius 3 is 1.40 bits per heavy atom. The third-order valence-corrected chi connectivity index (χ3v) is 8.53. The summed E-state index contributed by atoms with van der Waals surface area (Å²) in [6, 6.07) is 3.36. The highest BCUT2D eigenvalue weighted by Gasteiger charge is 2.38. The lowest BCUT2D eigenvalue weighted by Gasteiger charge is -2.35. The number of rotatable bonds is 18. The quantitative estimate of drug-likeness (QED) is 0.161. The number of nitrogens with zero attached hydrogens (tertiary/aromatic N) is 1. The normalized spacial score (nSPS) is 14.9. The molecule has 11 nitrogen and oxygen atoms in total. The lowest BCUT2D eigenvalue weighted by atomic mass is 9.96.